The molecule has 0 aromatic heterocycles. The molecule has 0 heterocycles. The monoisotopic (exact) mass is 968 g/mol. The third-order valence-electron chi connectivity index (χ3n) is 0. The maximum atomic E-state index is 8.60. The van der Waals surface area contributed by atoms with Crippen molar-refractivity contribution >= 4 is 27.3 Å². The fourth-order valence-corrected chi connectivity index (χ4v) is 0. The number of hydrogen-bond donors (Lipinski definition) is 0. The van der Waals surface area contributed by atoms with Gasteiger partial charge in [-0.3, -0.25) is 0 Å². The van der Waals surface area contributed by atoms with Crippen LogP contribution in [0, 0.1) is 0 Å². The smallest absolute Gasteiger partial charge is 2.00 e. The van der Waals surface area contributed by atoms with Crippen LogP contribution in [-0.4, -0.2) is 27.3 Å². The fourth-order valence-electron chi connectivity index (χ4n) is 0. The third kappa shape index (κ3) is 1280. The van der Waals surface area contributed by atoms with Gasteiger partial charge in [0.05, 0.1) is 0 Å². The fraction of sp³-hybridized carbons (Fsp3) is 0. The summed E-state index contributed by atoms with van der Waals surface area (Å²) in [7, 11) is 0. The van der Waals surface area contributed by atoms with Crippen LogP contribution in [0.5, 0.6) is 0 Å². The average Bonchev–Trinajstić information content (AvgIpc) is 1.94. The van der Waals surface area contributed by atoms with Crippen LogP contribution in [0.4, 0.5) is 0 Å². The molecule has 127 valence electrons. The van der Waals surface area contributed by atoms with Gasteiger partial charge in [0.15, 0.2) is 0 Å². The molecule has 22 heteroatoms. The molecule has 0 amide bonds. The molecule has 0 bridgehead atoms. The molecular weight excluding hydrogens is 968 g/mol. The van der Waals surface area contributed by atoms with Crippen molar-refractivity contribution in [3.63, 3.8) is 0 Å². The summed E-state index contributed by atoms with van der Waals surface area (Å²) in [5, 5.41) is 0. The Morgan fingerprint density at radius 3 is 0.364 bits per heavy atom. The van der Waals surface area contributed by atoms with Gasteiger partial charge < -0.3 is 0 Å². The van der Waals surface area contributed by atoms with Crippen molar-refractivity contribution in [3.8, 4) is 0 Å². The SMILES string of the molecule is [Fe+3].[O]=[Nb](=[O])[O-].[O]=[Nb](=[O])[O-].[O]=[Nb](=[O])[O-].[O]=[Nb](=[O])[O-].[O]=[Nb](=[O])[O-].[Pb+2]. The second-order valence-electron chi connectivity index (χ2n) is 1.12. The maximum absolute atomic E-state index is 8.60. The van der Waals surface area contributed by atoms with E-state index in [2.05, 4.69) is 0 Å². The van der Waals surface area contributed by atoms with E-state index in [1.165, 1.54) is 0 Å². The first kappa shape index (κ1) is 44.4. The van der Waals surface area contributed by atoms with E-state index in [1.54, 1.807) is 0 Å². The van der Waals surface area contributed by atoms with Crippen LogP contribution in [0.3, 0.4) is 0 Å². The maximum Gasteiger partial charge on any atom is 2.00 e. The first-order valence-corrected chi connectivity index (χ1v) is 16.2. The van der Waals surface area contributed by atoms with E-state index in [9.17, 15) is 0 Å². The minimum atomic E-state index is -4.20. The standard InChI is InChI=1S/Fe.5Nb.15O.Pb/q+3;;;;;;;;;;;;;;;;5*-1;+2. The Labute approximate surface area is 185 Å². The molecule has 0 aliphatic rings. The summed E-state index contributed by atoms with van der Waals surface area (Å²) in [6.07, 6.45) is 0. The number of hydrogen-bond acceptors (Lipinski definition) is 15. The summed E-state index contributed by atoms with van der Waals surface area (Å²) in [6.45, 7) is 0. The second-order valence-corrected chi connectivity index (χ2v) is 6.61. The summed E-state index contributed by atoms with van der Waals surface area (Å²) in [4.78, 5) is 0. The summed E-state index contributed by atoms with van der Waals surface area (Å²) in [5.41, 5.74) is 0. The number of rotatable bonds is 0. The summed E-state index contributed by atoms with van der Waals surface area (Å²) >= 11 is -21.0. The van der Waals surface area contributed by atoms with Crippen molar-refractivity contribution in [3.05, 3.63) is 0 Å². The quantitative estimate of drug-likeness (QED) is 0.204. The van der Waals surface area contributed by atoms with Gasteiger partial charge in [0.25, 0.3) is 0 Å². The molecule has 0 saturated heterocycles. The van der Waals surface area contributed by atoms with Crippen molar-refractivity contribution in [1.29, 1.82) is 0 Å². The Bertz CT molecular complexity index is 386. The summed E-state index contributed by atoms with van der Waals surface area (Å²) in [5.74, 6) is 0. The molecule has 0 aromatic rings. The van der Waals surface area contributed by atoms with Gasteiger partial charge >= 0.3 is 189 Å². The van der Waals surface area contributed by atoms with Crippen molar-refractivity contribution in [1.82, 2.24) is 0 Å². The van der Waals surface area contributed by atoms with E-state index in [1.807, 2.05) is 0 Å². The largest absolute Gasteiger partial charge is 2.00 e. The third-order valence-corrected chi connectivity index (χ3v) is 0. The van der Waals surface area contributed by atoms with E-state index in [0.717, 1.165) is 0 Å². The van der Waals surface area contributed by atoms with Gasteiger partial charge in [-0.25, -0.2) is 0 Å². The normalized spacial score (nSPS) is 5.68. The molecule has 3 radical (unpaired) electrons. The zero-order valence-corrected chi connectivity index (χ0v) is 25.2. The Balaban J connectivity index is -0.0000000250. The molecule has 0 N–H and O–H groups in total. The van der Waals surface area contributed by atoms with Gasteiger partial charge in [-0.05, 0) is 0 Å². The minimum absolute atomic E-state index is 0. The average molecular weight is 968 g/mol. The van der Waals surface area contributed by atoms with Gasteiger partial charge in [0, 0.05) is 0 Å². The van der Waals surface area contributed by atoms with E-state index in [-0.39, 0.29) is 44.4 Å². The van der Waals surface area contributed by atoms with E-state index >= 15 is 0 Å². The van der Waals surface area contributed by atoms with Gasteiger partial charge in [-0.15, -0.1) is 0 Å². The Morgan fingerprint density at radius 1 is 0.364 bits per heavy atom. The molecule has 0 fully saturated rings. The first-order valence-electron chi connectivity index (χ1n) is 2.74. The van der Waals surface area contributed by atoms with Crippen LogP contribution in [0.15, 0.2) is 0 Å². The molecule has 0 saturated carbocycles. The van der Waals surface area contributed by atoms with Crippen LogP contribution in [0.1, 0.15) is 0 Å². The molecule has 0 aromatic carbocycles. The van der Waals surface area contributed by atoms with E-state index in [0.29, 0.717) is 0 Å². The van der Waals surface area contributed by atoms with E-state index in [4.69, 9.17) is 50.6 Å². The molecule has 0 rings (SSSR count). The molecule has 0 aliphatic carbocycles. The molecule has 22 heavy (non-hydrogen) atoms. The predicted octanol–water partition coefficient (Wildman–Crippen LogP) is -7.53. The van der Waals surface area contributed by atoms with Crippen molar-refractivity contribution in [2.75, 3.05) is 0 Å². The van der Waals surface area contributed by atoms with Crippen molar-refractivity contribution in [2.24, 2.45) is 0 Å². The van der Waals surface area contributed by atoms with Crippen LogP contribution >= 0.6 is 0 Å². The zero-order valence-electron chi connectivity index (χ0n) is 9.21. The van der Waals surface area contributed by atoms with Crippen LogP contribution in [0.2, 0.25) is 0 Å². The summed E-state index contributed by atoms with van der Waals surface area (Å²) < 4.78 is 129. The van der Waals surface area contributed by atoms with E-state index < -0.39 is 93.9 Å². The van der Waals surface area contributed by atoms with Gasteiger partial charge in [-0.2, -0.15) is 0 Å². The van der Waals surface area contributed by atoms with Crippen molar-refractivity contribution < 1.29 is 162 Å². The van der Waals surface area contributed by atoms with Crippen LogP contribution < -0.4 is 18.1 Å². The predicted molar refractivity (Wildman–Crippen MR) is 12.6 cm³/mol. The zero-order chi connectivity index (χ0) is 17.9. The molecule has 0 atom stereocenters. The first-order chi connectivity index (χ1) is 8.66. The van der Waals surface area contributed by atoms with Crippen molar-refractivity contribution in [2.45, 2.75) is 0 Å². The Kier molecular flexibility index (Phi) is 79.0. The van der Waals surface area contributed by atoms with Crippen LogP contribution in [-0.2, 0) is 143 Å². The summed E-state index contributed by atoms with van der Waals surface area (Å²) in [6, 6.07) is 0. The van der Waals surface area contributed by atoms with Crippen LogP contribution in [0.25, 0.3) is 0 Å². The van der Waals surface area contributed by atoms with Gasteiger partial charge in [0.1, 0.15) is 0 Å². The topological polar surface area (TPSA) is 286 Å². The minimum Gasteiger partial charge on any atom is 2.00 e. The molecule has 0 aliphatic heterocycles. The Morgan fingerprint density at radius 2 is 0.364 bits per heavy atom. The van der Waals surface area contributed by atoms with Gasteiger partial charge in [0.2, 0.25) is 0 Å². The molecule has 15 nitrogen and oxygen atoms in total. The second kappa shape index (κ2) is 39.1. The molecule has 0 spiro atoms. The van der Waals surface area contributed by atoms with Gasteiger partial charge in [-0.1, -0.05) is 0 Å². The molecular formula is FeNb5O15Pb. The molecule has 0 unspecified atom stereocenters. The Hall–Kier alpha value is 2.94.